The van der Waals surface area contributed by atoms with Crippen molar-refractivity contribution in [3.8, 4) is 0 Å². The Kier molecular flexibility index (Phi) is 6.63. The van der Waals surface area contributed by atoms with E-state index in [-0.39, 0.29) is 23.2 Å². The van der Waals surface area contributed by atoms with Crippen LogP contribution in [0.4, 0.5) is 28.9 Å². The van der Waals surface area contributed by atoms with Crippen molar-refractivity contribution in [1.29, 1.82) is 0 Å². The number of para-hydroxylation sites is 1. The van der Waals surface area contributed by atoms with Gasteiger partial charge in [-0.2, -0.15) is 13.2 Å². The fraction of sp³-hybridized carbons (Fsp3) is 0.360. The molecule has 2 N–H and O–H groups in total. The van der Waals surface area contributed by atoms with Crippen LogP contribution in [0.2, 0.25) is 0 Å². The van der Waals surface area contributed by atoms with Crippen LogP contribution in [0.3, 0.4) is 0 Å². The van der Waals surface area contributed by atoms with Crippen molar-refractivity contribution in [3.05, 3.63) is 65.6 Å². The van der Waals surface area contributed by atoms with Gasteiger partial charge in [-0.15, -0.1) is 0 Å². The lowest BCUT2D eigenvalue weighted by Crippen LogP contribution is -2.40. The van der Waals surface area contributed by atoms with Gasteiger partial charge in [-0.25, -0.2) is 9.37 Å². The van der Waals surface area contributed by atoms with E-state index in [1.165, 1.54) is 12.1 Å². The fourth-order valence-corrected chi connectivity index (χ4v) is 4.27. The zero-order valence-electron chi connectivity index (χ0n) is 18.9. The Morgan fingerprint density at radius 3 is 2.35 bits per heavy atom. The van der Waals surface area contributed by atoms with Crippen molar-refractivity contribution in [2.24, 2.45) is 0 Å². The van der Waals surface area contributed by atoms with Crippen LogP contribution in [0.5, 0.6) is 0 Å². The predicted molar refractivity (Wildman–Crippen MR) is 125 cm³/mol. The molecule has 4 rings (SSSR count). The third-order valence-corrected chi connectivity index (χ3v) is 6.14. The van der Waals surface area contributed by atoms with Gasteiger partial charge in [0.2, 0.25) is 0 Å². The summed E-state index contributed by atoms with van der Waals surface area (Å²) in [5.74, 6) is -1.05. The number of aromatic nitrogens is 1. The fourth-order valence-electron chi connectivity index (χ4n) is 4.27. The highest BCUT2D eigenvalue weighted by molar-refractivity contribution is 5.95. The molecule has 1 aliphatic rings. The molecule has 0 spiro atoms. The van der Waals surface area contributed by atoms with Gasteiger partial charge in [0.1, 0.15) is 11.5 Å². The van der Waals surface area contributed by atoms with Crippen LogP contribution >= 0.6 is 0 Å². The van der Waals surface area contributed by atoms with Gasteiger partial charge in [-0.05, 0) is 56.0 Å². The number of halogens is 4. The highest BCUT2D eigenvalue weighted by Crippen LogP contribution is 2.34. The minimum Gasteiger partial charge on any atom is -0.382 e. The van der Waals surface area contributed by atoms with Gasteiger partial charge < -0.3 is 15.5 Å². The van der Waals surface area contributed by atoms with Gasteiger partial charge >= 0.3 is 6.18 Å². The van der Waals surface area contributed by atoms with Crippen LogP contribution in [0, 0.1) is 5.82 Å². The third-order valence-electron chi connectivity index (χ3n) is 6.14. The summed E-state index contributed by atoms with van der Waals surface area (Å²) in [6, 6.07) is 12.0. The van der Waals surface area contributed by atoms with Gasteiger partial charge in [0.25, 0.3) is 5.91 Å². The molecule has 1 heterocycles. The molecule has 1 saturated carbocycles. The van der Waals surface area contributed by atoms with Gasteiger partial charge in [-0.3, -0.25) is 4.79 Å². The lowest BCUT2D eigenvalue weighted by Gasteiger charge is -2.31. The summed E-state index contributed by atoms with van der Waals surface area (Å²) in [6.07, 6.45) is -1.96. The Labute approximate surface area is 195 Å². The standard InChI is InChI=1S/C25H26F4N4O/c1-33(2)17-11-12-20(26)19(13-17)24(34)31-16-9-7-15(8-10-16)30-22-14-23(25(27,28)29)32-21-6-4-3-5-18(21)22/h3-6,11-16H,7-10H2,1-2H3,(H,30,32)(H,31,34). The number of alkyl halides is 3. The molecule has 0 unspecified atom stereocenters. The molecular weight excluding hydrogens is 448 g/mol. The normalized spacial score (nSPS) is 18.5. The molecule has 1 aliphatic carbocycles. The van der Waals surface area contributed by atoms with Crippen molar-refractivity contribution in [2.45, 2.75) is 43.9 Å². The number of amides is 1. The van der Waals surface area contributed by atoms with Crippen molar-refractivity contribution in [1.82, 2.24) is 10.3 Å². The summed E-state index contributed by atoms with van der Waals surface area (Å²) in [6.45, 7) is 0. The van der Waals surface area contributed by atoms with E-state index in [0.717, 1.165) is 11.8 Å². The molecule has 0 atom stereocenters. The summed E-state index contributed by atoms with van der Waals surface area (Å²) in [5, 5.41) is 6.78. The number of rotatable bonds is 5. The molecule has 1 aromatic heterocycles. The van der Waals surface area contributed by atoms with Crippen LogP contribution in [-0.4, -0.2) is 37.1 Å². The molecule has 0 radical (unpaired) electrons. The molecule has 0 bridgehead atoms. The van der Waals surface area contributed by atoms with E-state index < -0.39 is 23.6 Å². The van der Waals surface area contributed by atoms with E-state index in [1.807, 2.05) is 14.1 Å². The molecule has 5 nitrogen and oxygen atoms in total. The molecule has 0 aliphatic heterocycles. The zero-order chi connectivity index (χ0) is 24.5. The van der Waals surface area contributed by atoms with Gasteiger partial charge in [0.05, 0.1) is 11.1 Å². The van der Waals surface area contributed by atoms with Crippen molar-refractivity contribution < 1.29 is 22.4 Å². The smallest absolute Gasteiger partial charge is 0.382 e. The Morgan fingerprint density at radius 2 is 1.68 bits per heavy atom. The van der Waals surface area contributed by atoms with Crippen LogP contribution < -0.4 is 15.5 Å². The second-order valence-corrected chi connectivity index (χ2v) is 8.79. The number of nitrogens with zero attached hydrogens (tertiary/aromatic N) is 2. The summed E-state index contributed by atoms with van der Waals surface area (Å²) in [4.78, 5) is 18.2. The summed E-state index contributed by atoms with van der Waals surface area (Å²) in [5.41, 5.74) is 0.462. The second kappa shape index (κ2) is 9.48. The maximum Gasteiger partial charge on any atom is 0.433 e. The Hall–Kier alpha value is -3.36. The zero-order valence-corrected chi connectivity index (χ0v) is 18.9. The quantitative estimate of drug-likeness (QED) is 0.472. The maximum atomic E-state index is 14.2. The average Bonchev–Trinajstić information content (AvgIpc) is 2.79. The monoisotopic (exact) mass is 474 g/mol. The van der Waals surface area contributed by atoms with E-state index in [2.05, 4.69) is 15.6 Å². The first-order valence-electron chi connectivity index (χ1n) is 11.1. The van der Waals surface area contributed by atoms with Gasteiger partial charge in [0.15, 0.2) is 0 Å². The molecular formula is C25H26F4N4O. The van der Waals surface area contributed by atoms with Crippen molar-refractivity contribution in [2.75, 3.05) is 24.3 Å². The highest BCUT2D eigenvalue weighted by atomic mass is 19.4. The van der Waals surface area contributed by atoms with Gasteiger partial charge in [-0.1, -0.05) is 18.2 Å². The largest absolute Gasteiger partial charge is 0.433 e. The summed E-state index contributed by atoms with van der Waals surface area (Å²) in [7, 11) is 3.62. The number of hydrogen-bond donors (Lipinski definition) is 2. The highest BCUT2D eigenvalue weighted by Gasteiger charge is 2.34. The summed E-state index contributed by atoms with van der Waals surface area (Å²) >= 11 is 0. The van der Waals surface area contributed by atoms with E-state index in [1.54, 1.807) is 35.2 Å². The van der Waals surface area contributed by atoms with Crippen molar-refractivity contribution in [3.63, 3.8) is 0 Å². The number of hydrogen-bond acceptors (Lipinski definition) is 4. The van der Waals surface area contributed by atoms with E-state index in [9.17, 15) is 22.4 Å². The van der Waals surface area contributed by atoms with Crippen LogP contribution in [0.25, 0.3) is 10.9 Å². The Bertz CT molecular complexity index is 1190. The lowest BCUT2D eigenvalue weighted by atomic mass is 9.90. The SMILES string of the molecule is CN(C)c1ccc(F)c(C(=O)NC2CCC(Nc3cc(C(F)(F)F)nc4ccccc34)CC2)c1. The molecule has 0 saturated heterocycles. The minimum atomic E-state index is -4.54. The number of carbonyl (C=O) groups excluding carboxylic acids is 1. The molecule has 1 amide bonds. The summed E-state index contributed by atoms with van der Waals surface area (Å²) < 4.78 is 54.2. The van der Waals surface area contributed by atoms with Crippen LogP contribution in [0.15, 0.2) is 48.5 Å². The molecule has 9 heteroatoms. The Morgan fingerprint density at radius 1 is 1.00 bits per heavy atom. The molecule has 2 aromatic carbocycles. The van der Waals surface area contributed by atoms with E-state index >= 15 is 0 Å². The number of anilines is 2. The van der Waals surface area contributed by atoms with Gasteiger partial charge in [0, 0.05) is 42.9 Å². The number of fused-ring (bicyclic) bond motifs is 1. The second-order valence-electron chi connectivity index (χ2n) is 8.79. The Balaban J connectivity index is 1.42. The minimum absolute atomic E-state index is 0.00520. The number of benzene rings is 2. The first-order chi connectivity index (χ1) is 16.1. The lowest BCUT2D eigenvalue weighted by molar-refractivity contribution is -0.140. The molecule has 180 valence electrons. The van der Waals surface area contributed by atoms with E-state index in [4.69, 9.17) is 0 Å². The first-order valence-corrected chi connectivity index (χ1v) is 11.1. The number of nitrogens with one attached hydrogen (secondary N) is 2. The molecule has 1 fully saturated rings. The maximum absolute atomic E-state index is 14.2. The predicted octanol–water partition coefficient (Wildman–Crippen LogP) is 5.61. The first kappa shape index (κ1) is 23.8. The van der Waals surface area contributed by atoms with Crippen LogP contribution in [-0.2, 0) is 6.18 Å². The topological polar surface area (TPSA) is 57.3 Å². The van der Waals surface area contributed by atoms with Crippen molar-refractivity contribution >= 4 is 28.2 Å². The number of carbonyl (C=O) groups is 1. The average molecular weight is 475 g/mol. The third kappa shape index (κ3) is 5.24. The molecule has 3 aromatic rings. The number of pyridine rings is 1. The molecule has 34 heavy (non-hydrogen) atoms. The van der Waals surface area contributed by atoms with Crippen LogP contribution in [0.1, 0.15) is 41.7 Å². The van der Waals surface area contributed by atoms with E-state index in [0.29, 0.717) is 36.8 Å².